The molecule has 0 unspecified atom stereocenters. The average molecular weight is 317 g/mol. The molecule has 3 heterocycles. The number of thiophene rings is 1. The van der Waals surface area contributed by atoms with E-state index in [0.717, 1.165) is 24.9 Å². The molecular weight excluding hydrogens is 301 g/mol. The molecule has 2 aliphatic rings. The van der Waals surface area contributed by atoms with Crippen LogP contribution in [0, 0.1) is 5.82 Å². The van der Waals surface area contributed by atoms with Crippen molar-refractivity contribution in [1.29, 1.82) is 0 Å². The molecular formula is C17H16FNO2S. The monoisotopic (exact) mass is 317 g/mol. The average Bonchev–Trinajstić information content (AvgIpc) is 3.24. The summed E-state index contributed by atoms with van der Waals surface area (Å²) in [4.78, 5) is 14.7. The van der Waals surface area contributed by atoms with Gasteiger partial charge in [-0.2, -0.15) is 11.3 Å². The van der Waals surface area contributed by atoms with Gasteiger partial charge in [-0.3, -0.25) is 4.79 Å². The molecule has 2 aliphatic heterocycles. The number of halogens is 1. The van der Waals surface area contributed by atoms with Crippen LogP contribution in [0.2, 0.25) is 0 Å². The van der Waals surface area contributed by atoms with E-state index in [1.807, 2.05) is 10.3 Å². The smallest absolute Gasteiger partial charge is 0.264 e. The number of fused-ring (bicyclic) bond motifs is 1. The van der Waals surface area contributed by atoms with Gasteiger partial charge < -0.3 is 9.64 Å². The highest BCUT2D eigenvalue weighted by Crippen LogP contribution is 2.36. The van der Waals surface area contributed by atoms with Crippen LogP contribution in [0.15, 0.2) is 35.0 Å². The summed E-state index contributed by atoms with van der Waals surface area (Å²) in [5.41, 5.74) is 1.99. The minimum absolute atomic E-state index is 0.0188. The number of amides is 1. The number of nitrogens with zero attached hydrogens (tertiary/aromatic N) is 1. The first-order valence-corrected chi connectivity index (χ1v) is 8.44. The van der Waals surface area contributed by atoms with E-state index in [-0.39, 0.29) is 17.8 Å². The summed E-state index contributed by atoms with van der Waals surface area (Å²) in [6, 6.07) is 6.68. The van der Waals surface area contributed by atoms with E-state index in [4.69, 9.17) is 4.74 Å². The summed E-state index contributed by atoms with van der Waals surface area (Å²) in [6.07, 6.45) is 1.95. The predicted octanol–water partition coefficient (Wildman–Crippen LogP) is 3.55. The lowest BCUT2D eigenvalue weighted by Crippen LogP contribution is -2.40. The third-order valence-electron chi connectivity index (χ3n) is 4.44. The topological polar surface area (TPSA) is 29.5 Å². The lowest BCUT2D eigenvalue weighted by molar-refractivity contribution is -0.138. The summed E-state index contributed by atoms with van der Waals surface area (Å²) in [5, 5.41) is 4.15. The van der Waals surface area contributed by atoms with Crippen molar-refractivity contribution in [1.82, 2.24) is 4.90 Å². The van der Waals surface area contributed by atoms with E-state index in [0.29, 0.717) is 12.2 Å². The zero-order valence-corrected chi connectivity index (χ0v) is 12.8. The molecule has 5 heteroatoms. The molecule has 1 saturated heterocycles. The Hall–Kier alpha value is -1.88. The molecule has 1 aromatic heterocycles. The zero-order valence-electron chi connectivity index (χ0n) is 12.0. The summed E-state index contributed by atoms with van der Waals surface area (Å²) in [7, 11) is 0. The third-order valence-corrected chi connectivity index (χ3v) is 5.14. The van der Waals surface area contributed by atoms with Gasteiger partial charge >= 0.3 is 0 Å². The van der Waals surface area contributed by atoms with Crippen molar-refractivity contribution in [2.45, 2.75) is 31.4 Å². The number of carbonyl (C=O) groups excluding carboxylic acids is 1. The molecule has 0 saturated carbocycles. The Labute approximate surface area is 132 Å². The van der Waals surface area contributed by atoms with Crippen LogP contribution in [0.25, 0.3) is 0 Å². The molecule has 0 radical (unpaired) electrons. The molecule has 1 fully saturated rings. The van der Waals surface area contributed by atoms with Gasteiger partial charge in [0.2, 0.25) is 0 Å². The van der Waals surface area contributed by atoms with Gasteiger partial charge in [-0.15, -0.1) is 0 Å². The molecule has 114 valence electrons. The van der Waals surface area contributed by atoms with E-state index in [1.165, 1.54) is 17.7 Å². The number of hydrogen-bond acceptors (Lipinski definition) is 3. The number of likely N-dealkylation sites (tertiary alicyclic amines) is 1. The summed E-state index contributed by atoms with van der Waals surface area (Å²) >= 11 is 1.65. The fourth-order valence-corrected chi connectivity index (χ4v) is 4.09. The van der Waals surface area contributed by atoms with Crippen LogP contribution in [-0.4, -0.2) is 23.5 Å². The first-order valence-electron chi connectivity index (χ1n) is 7.50. The minimum Gasteiger partial charge on any atom is -0.480 e. The molecule has 0 bridgehead atoms. The van der Waals surface area contributed by atoms with Gasteiger partial charge in [-0.05, 0) is 53.4 Å². The van der Waals surface area contributed by atoms with Crippen molar-refractivity contribution >= 4 is 17.2 Å². The first kappa shape index (κ1) is 13.8. The highest BCUT2D eigenvalue weighted by atomic mass is 32.1. The van der Waals surface area contributed by atoms with Crippen molar-refractivity contribution in [2.75, 3.05) is 6.54 Å². The molecule has 0 spiro atoms. The summed E-state index contributed by atoms with van der Waals surface area (Å²) in [6.45, 7) is 0.768. The van der Waals surface area contributed by atoms with Crippen LogP contribution in [-0.2, 0) is 11.2 Å². The SMILES string of the molecule is O=C([C@@H]1Cc2cc(F)ccc2O1)N1CCC[C@@H]1c1ccsc1. The Kier molecular flexibility index (Phi) is 3.37. The number of hydrogen-bond donors (Lipinski definition) is 0. The third kappa shape index (κ3) is 2.29. The Morgan fingerprint density at radius 2 is 2.27 bits per heavy atom. The second-order valence-electron chi connectivity index (χ2n) is 5.81. The van der Waals surface area contributed by atoms with E-state index >= 15 is 0 Å². The molecule has 2 atom stereocenters. The summed E-state index contributed by atoms with van der Waals surface area (Å²) < 4.78 is 19.0. The number of benzene rings is 1. The van der Waals surface area contributed by atoms with Gasteiger partial charge in [0.25, 0.3) is 5.91 Å². The fraction of sp³-hybridized carbons (Fsp3) is 0.353. The van der Waals surface area contributed by atoms with Gasteiger partial charge in [-0.1, -0.05) is 0 Å². The summed E-state index contributed by atoms with van der Waals surface area (Å²) in [5.74, 6) is 0.365. The first-order chi connectivity index (χ1) is 10.7. The van der Waals surface area contributed by atoms with Crippen molar-refractivity contribution in [3.8, 4) is 5.75 Å². The maximum atomic E-state index is 13.3. The number of carbonyl (C=O) groups is 1. The quantitative estimate of drug-likeness (QED) is 0.848. The Morgan fingerprint density at radius 3 is 3.09 bits per heavy atom. The Morgan fingerprint density at radius 1 is 1.36 bits per heavy atom. The van der Waals surface area contributed by atoms with Gasteiger partial charge in [0.05, 0.1) is 6.04 Å². The molecule has 1 aromatic carbocycles. The van der Waals surface area contributed by atoms with Gasteiger partial charge in [0.15, 0.2) is 6.10 Å². The minimum atomic E-state index is -0.518. The largest absolute Gasteiger partial charge is 0.480 e. The zero-order chi connectivity index (χ0) is 15.1. The molecule has 4 rings (SSSR count). The van der Waals surface area contributed by atoms with Crippen LogP contribution in [0.5, 0.6) is 5.75 Å². The van der Waals surface area contributed by atoms with Gasteiger partial charge in [0, 0.05) is 18.5 Å². The van der Waals surface area contributed by atoms with E-state index in [9.17, 15) is 9.18 Å². The number of ether oxygens (including phenoxy) is 1. The molecule has 1 amide bonds. The van der Waals surface area contributed by atoms with E-state index in [2.05, 4.69) is 11.4 Å². The van der Waals surface area contributed by atoms with Crippen LogP contribution in [0.1, 0.15) is 30.0 Å². The maximum Gasteiger partial charge on any atom is 0.264 e. The van der Waals surface area contributed by atoms with Gasteiger partial charge in [0.1, 0.15) is 11.6 Å². The van der Waals surface area contributed by atoms with E-state index in [1.54, 1.807) is 17.4 Å². The normalized spacial score (nSPS) is 23.4. The van der Waals surface area contributed by atoms with Crippen LogP contribution < -0.4 is 4.74 Å². The molecule has 2 aromatic rings. The van der Waals surface area contributed by atoms with Crippen molar-refractivity contribution in [3.63, 3.8) is 0 Å². The number of rotatable bonds is 2. The lowest BCUT2D eigenvalue weighted by atomic mass is 10.1. The van der Waals surface area contributed by atoms with Crippen molar-refractivity contribution in [3.05, 3.63) is 52.0 Å². The van der Waals surface area contributed by atoms with Crippen LogP contribution >= 0.6 is 11.3 Å². The molecule has 22 heavy (non-hydrogen) atoms. The van der Waals surface area contributed by atoms with E-state index < -0.39 is 6.10 Å². The lowest BCUT2D eigenvalue weighted by Gasteiger charge is -2.26. The second-order valence-corrected chi connectivity index (χ2v) is 6.59. The highest BCUT2D eigenvalue weighted by molar-refractivity contribution is 7.07. The Balaban J connectivity index is 1.53. The van der Waals surface area contributed by atoms with Crippen LogP contribution in [0.4, 0.5) is 4.39 Å². The molecule has 3 nitrogen and oxygen atoms in total. The van der Waals surface area contributed by atoms with Crippen LogP contribution in [0.3, 0.4) is 0 Å². The van der Waals surface area contributed by atoms with Gasteiger partial charge in [-0.25, -0.2) is 4.39 Å². The second kappa shape index (κ2) is 5.39. The molecule has 0 aliphatic carbocycles. The predicted molar refractivity (Wildman–Crippen MR) is 82.5 cm³/mol. The maximum absolute atomic E-state index is 13.3. The van der Waals surface area contributed by atoms with Crippen molar-refractivity contribution < 1.29 is 13.9 Å². The fourth-order valence-electron chi connectivity index (χ4n) is 3.38. The van der Waals surface area contributed by atoms with Crippen molar-refractivity contribution in [2.24, 2.45) is 0 Å². The standard InChI is InChI=1S/C17H16FNO2S/c18-13-3-4-15-12(8-13)9-16(21-15)17(20)19-6-1-2-14(19)11-5-7-22-10-11/h3-5,7-8,10,14,16H,1-2,6,9H2/t14-,16+/m1/s1. The highest BCUT2D eigenvalue weighted by Gasteiger charge is 2.38. The molecule has 0 N–H and O–H groups in total. The Bertz CT molecular complexity index is 701.